The third-order valence-electron chi connectivity index (χ3n) is 5.38. The van der Waals surface area contributed by atoms with Crippen molar-refractivity contribution < 1.29 is 13.6 Å². The summed E-state index contributed by atoms with van der Waals surface area (Å²) in [5, 5.41) is 0. The lowest BCUT2D eigenvalue weighted by Crippen LogP contribution is -2.50. The molecule has 1 heterocycles. The quantitative estimate of drug-likeness (QED) is 0.652. The first-order chi connectivity index (χ1) is 14.1. The Kier molecular flexibility index (Phi) is 5.67. The van der Waals surface area contributed by atoms with Crippen LogP contribution in [0.15, 0.2) is 78.9 Å². The van der Waals surface area contributed by atoms with Crippen LogP contribution >= 0.6 is 0 Å². The van der Waals surface area contributed by atoms with E-state index >= 15 is 0 Å². The fourth-order valence-electron chi connectivity index (χ4n) is 3.91. The van der Waals surface area contributed by atoms with E-state index in [-0.39, 0.29) is 11.6 Å². The van der Waals surface area contributed by atoms with E-state index in [0.29, 0.717) is 26.2 Å². The number of amides is 1. The van der Waals surface area contributed by atoms with Crippen LogP contribution in [-0.2, 0) is 0 Å². The molecule has 0 saturated carbocycles. The molecule has 1 aliphatic heterocycles. The Balaban J connectivity index is 1.53. The van der Waals surface area contributed by atoms with Crippen LogP contribution in [0.25, 0.3) is 0 Å². The van der Waals surface area contributed by atoms with E-state index in [4.69, 9.17) is 0 Å². The second-order valence-corrected chi connectivity index (χ2v) is 7.15. The van der Waals surface area contributed by atoms with Crippen LogP contribution < -0.4 is 0 Å². The highest BCUT2D eigenvalue weighted by Crippen LogP contribution is 2.29. The number of rotatable bonds is 4. The number of hydrogen-bond acceptors (Lipinski definition) is 2. The Bertz CT molecular complexity index is 931. The zero-order valence-corrected chi connectivity index (χ0v) is 16.0. The van der Waals surface area contributed by atoms with E-state index in [2.05, 4.69) is 29.2 Å². The number of carbonyl (C=O) groups excluding carboxylic acids is 1. The molecule has 5 heteroatoms. The minimum absolute atomic E-state index is 0.0838. The van der Waals surface area contributed by atoms with Crippen molar-refractivity contribution in [2.24, 2.45) is 0 Å². The zero-order chi connectivity index (χ0) is 20.2. The predicted molar refractivity (Wildman–Crippen MR) is 109 cm³/mol. The minimum Gasteiger partial charge on any atom is -0.336 e. The third-order valence-corrected chi connectivity index (χ3v) is 5.38. The van der Waals surface area contributed by atoms with Crippen molar-refractivity contribution in [1.29, 1.82) is 0 Å². The van der Waals surface area contributed by atoms with E-state index in [1.807, 2.05) is 36.4 Å². The molecule has 0 radical (unpaired) electrons. The van der Waals surface area contributed by atoms with Gasteiger partial charge in [-0.05, 0) is 23.3 Å². The van der Waals surface area contributed by atoms with Crippen LogP contribution in [0.4, 0.5) is 8.78 Å². The summed E-state index contributed by atoms with van der Waals surface area (Å²) in [4.78, 5) is 16.6. The molecule has 0 aromatic heterocycles. The maximum atomic E-state index is 14.0. The lowest BCUT2D eigenvalue weighted by atomic mass is 9.96. The van der Waals surface area contributed by atoms with Crippen molar-refractivity contribution in [3.8, 4) is 0 Å². The predicted octanol–water partition coefficient (Wildman–Crippen LogP) is 4.51. The van der Waals surface area contributed by atoms with Crippen molar-refractivity contribution in [3.63, 3.8) is 0 Å². The summed E-state index contributed by atoms with van der Waals surface area (Å²) in [5.41, 5.74) is 2.17. The largest absolute Gasteiger partial charge is 0.336 e. The molecule has 0 spiro atoms. The molecule has 0 unspecified atom stereocenters. The van der Waals surface area contributed by atoms with Gasteiger partial charge in [0, 0.05) is 26.2 Å². The van der Waals surface area contributed by atoms with Crippen LogP contribution in [0.1, 0.15) is 27.5 Å². The molecule has 4 rings (SSSR count). The molecule has 29 heavy (non-hydrogen) atoms. The molecule has 1 fully saturated rings. The van der Waals surface area contributed by atoms with Gasteiger partial charge in [-0.1, -0.05) is 66.7 Å². The Morgan fingerprint density at radius 3 is 1.83 bits per heavy atom. The van der Waals surface area contributed by atoms with Crippen LogP contribution in [0.5, 0.6) is 0 Å². The fourth-order valence-corrected chi connectivity index (χ4v) is 3.91. The first kappa shape index (κ1) is 19.3. The van der Waals surface area contributed by atoms with Crippen molar-refractivity contribution in [2.45, 2.75) is 6.04 Å². The number of nitrogens with zero attached hydrogens (tertiary/aromatic N) is 2. The molecule has 0 bridgehead atoms. The Morgan fingerprint density at radius 1 is 0.724 bits per heavy atom. The molecule has 3 aromatic rings. The van der Waals surface area contributed by atoms with Crippen LogP contribution in [0.3, 0.4) is 0 Å². The average Bonchev–Trinajstić information content (AvgIpc) is 2.77. The van der Waals surface area contributed by atoms with Gasteiger partial charge in [-0.25, -0.2) is 8.78 Å². The van der Waals surface area contributed by atoms with Gasteiger partial charge < -0.3 is 4.90 Å². The molecule has 0 atom stereocenters. The van der Waals surface area contributed by atoms with Gasteiger partial charge in [-0.15, -0.1) is 0 Å². The average molecular weight is 392 g/mol. The summed E-state index contributed by atoms with van der Waals surface area (Å²) in [7, 11) is 0. The van der Waals surface area contributed by atoms with Gasteiger partial charge >= 0.3 is 0 Å². The van der Waals surface area contributed by atoms with Crippen molar-refractivity contribution >= 4 is 5.91 Å². The molecule has 3 nitrogen and oxygen atoms in total. The topological polar surface area (TPSA) is 23.6 Å². The van der Waals surface area contributed by atoms with Crippen LogP contribution in [0.2, 0.25) is 0 Å². The second kappa shape index (κ2) is 8.53. The lowest BCUT2D eigenvalue weighted by Gasteiger charge is -2.39. The summed E-state index contributed by atoms with van der Waals surface area (Å²) < 4.78 is 27.5. The van der Waals surface area contributed by atoms with Gasteiger partial charge in [0.1, 0.15) is 0 Å². The van der Waals surface area contributed by atoms with E-state index in [1.165, 1.54) is 23.3 Å². The van der Waals surface area contributed by atoms with Gasteiger partial charge in [0.15, 0.2) is 11.6 Å². The molecule has 148 valence electrons. The lowest BCUT2D eigenvalue weighted by molar-refractivity contribution is 0.0592. The summed E-state index contributed by atoms with van der Waals surface area (Å²) in [6, 6.07) is 24.3. The number of hydrogen-bond donors (Lipinski definition) is 0. The number of piperazine rings is 1. The fraction of sp³-hybridized carbons (Fsp3) is 0.208. The van der Waals surface area contributed by atoms with Gasteiger partial charge in [0.2, 0.25) is 0 Å². The summed E-state index contributed by atoms with van der Waals surface area (Å²) in [6.45, 7) is 2.23. The van der Waals surface area contributed by atoms with E-state index in [9.17, 15) is 13.6 Å². The first-order valence-electron chi connectivity index (χ1n) is 9.72. The summed E-state index contributed by atoms with van der Waals surface area (Å²) in [5.74, 6) is -2.54. The van der Waals surface area contributed by atoms with E-state index in [0.717, 1.165) is 6.07 Å². The highest BCUT2D eigenvalue weighted by atomic mass is 19.2. The molecule has 1 aliphatic rings. The van der Waals surface area contributed by atoms with Crippen molar-refractivity contribution in [1.82, 2.24) is 9.80 Å². The van der Waals surface area contributed by atoms with Gasteiger partial charge in [0.05, 0.1) is 11.6 Å². The zero-order valence-electron chi connectivity index (χ0n) is 16.0. The molecular formula is C24H22F2N2O. The summed E-state index contributed by atoms with van der Waals surface area (Å²) in [6.07, 6.45) is 0. The maximum absolute atomic E-state index is 14.0. The van der Waals surface area contributed by atoms with Gasteiger partial charge in [-0.2, -0.15) is 0 Å². The summed E-state index contributed by atoms with van der Waals surface area (Å²) >= 11 is 0. The number of carbonyl (C=O) groups is 1. The smallest absolute Gasteiger partial charge is 0.257 e. The SMILES string of the molecule is O=C(c1cccc(F)c1F)N1CCN(C(c2ccccc2)c2ccccc2)CC1. The van der Waals surface area contributed by atoms with Crippen molar-refractivity contribution in [2.75, 3.05) is 26.2 Å². The normalized spacial score (nSPS) is 14.9. The van der Waals surface area contributed by atoms with Crippen molar-refractivity contribution in [3.05, 3.63) is 107 Å². The molecule has 0 aliphatic carbocycles. The molecule has 3 aromatic carbocycles. The van der Waals surface area contributed by atoms with E-state index < -0.39 is 17.5 Å². The molecule has 0 N–H and O–H groups in total. The standard InChI is InChI=1S/C24H22F2N2O/c25-21-13-7-12-20(22(21)26)24(29)28-16-14-27(15-17-28)23(18-8-3-1-4-9-18)19-10-5-2-6-11-19/h1-13,23H,14-17H2. The number of halogens is 2. The van der Waals surface area contributed by atoms with Crippen LogP contribution in [0, 0.1) is 11.6 Å². The number of benzene rings is 3. The highest BCUT2D eigenvalue weighted by molar-refractivity contribution is 5.94. The van der Waals surface area contributed by atoms with E-state index in [1.54, 1.807) is 4.90 Å². The molecule has 1 amide bonds. The van der Waals surface area contributed by atoms with Crippen LogP contribution in [-0.4, -0.2) is 41.9 Å². The molecule has 1 saturated heterocycles. The highest BCUT2D eigenvalue weighted by Gasteiger charge is 2.29. The minimum atomic E-state index is -1.08. The monoisotopic (exact) mass is 392 g/mol. The second-order valence-electron chi connectivity index (χ2n) is 7.15. The van der Waals surface area contributed by atoms with Gasteiger partial charge in [0.25, 0.3) is 5.91 Å². The Labute approximate surface area is 169 Å². The van der Waals surface area contributed by atoms with Gasteiger partial charge in [-0.3, -0.25) is 9.69 Å². The Hall–Kier alpha value is -3.05. The third kappa shape index (κ3) is 4.05. The first-order valence-corrected chi connectivity index (χ1v) is 9.72. The Morgan fingerprint density at radius 2 is 1.28 bits per heavy atom. The maximum Gasteiger partial charge on any atom is 0.257 e. The molecular weight excluding hydrogens is 370 g/mol.